The van der Waals surface area contributed by atoms with Gasteiger partial charge in [-0.2, -0.15) is 0 Å². The fourth-order valence-electron chi connectivity index (χ4n) is 3.07. The fourth-order valence-corrected chi connectivity index (χ4v) is 3.07. The molecule has 3 heteroatoms. The van der Waals surface area contributed by atoms with E-state index in [1.807, 2.05) is 12.5 Å². The van der Waals surface area contributed by atoms with E-state index in [-0.39, 0.29) is 0 Å². The van der Waals surface area contributed by atoms with Gasteiger partial charge in [0.25, 0.3) is 0 Å². The molecule has 0 bridgehead atoms. The lowest BCUT2D eigenvalue weighted by Gasteiger charge is -2.26. The molecule has 0 radical (unpaired) electrons. The number of hydrogen-bond acceptors (Lipinski definition) is 2. The number of rotatable bonds is 6. The van der Waals surface area contributed by atoms with Gasteiger partial charge < -0.3 is 9.88 Å². The van der Waals surface area contributed by atoms with Gasteiger partial charge in [0.1, 0.15) is 0 Å². The van der Waals surface area contributed by atoms with E-state index in [9.17, 15) is 0 Å². The second-order valence-electron chi connectivity index (χ2n) is 6.48. The van der Waals surface area contributed by atoms with Crippen molar-refractivity contribution in [1.29, 1.82) is 0 Å². The Labute approximate surface area is 117 Å². The van der Waals surface area contributed by atoms with E-state index in [0.717, 1.165) is 24.9 Å². The van der Waals surface area contributed by atoms with E-state index in [0.29, 0.717) is 6.04 Å². The average molecular weight is 263 g/mol. The van der Waals surface area contributed by atoms with Gasteiger partial charge in [0.2, 0.25) is 0 Å². The summed E-state index contributed by atoms with van der Waals surface area (Å²) in [5, 5.41) is 3.58. The molecule has 1 heterocycles. The summed E-state index contributed by atoms with van der Waals surface area (Å²) in [5.41, 5.74) is 1.30. The number of hydrogen-bond donors (Lipinski definition) is 1. The fraction of sp³-hybridized carbons (Fsp3) is 0.812. The van der Waals surface area contributed by atoms with Gasteiger partial charge in [0, 0.05) is 18.8 Å². The standard InChI is InChI=1S/C16H29N3/c1-13(2)19-12-18-11-16(19)10-17-9-8-15-6-4-14(3)5-7-15/h11-15,17H,4-10H2,1-3H3. The highest BCUT2D eigenvalue weighted by atomic mass is 15.1. The van der Waals surface area contributed by atoms with Crippen LogP contribution >= 0.6 is 0 Å². The van der Waals surface area contributed by atoms with Crippen molar-refractivity contribution in [3.63, 3.8) is 0 Å². The predicted molar refractivity (Wildman–Crippen MR) is 80.1 cm³/mol. The summed E-state index contributed by atoms with van der Waals surface area (Å²) < 4.78 is 2.25. The molecule has 2 rings (SSSR count). The topological polar surface area (TPSA) is 29.9 Å². The van der Waals surface area contributed by atoms with Crippen LogP contribution in [0.15, 0.2) is 12.5 Å². The summed E-state index contributed by atoms with van der Waals surface area (Å²) in [6.45, 7) is 8.88. The molecule has 1 aliphatic carbocycles. The summed E-state index contributed by atoms with van der Waals surface area (Å²) in [4.78, 5) is 4.24. The second kappa shape index (κ2) is 7.09. The van der Waals surface area contributed by atoms with Crippen molar-refractivity contribution in [1.82, 2.24) is 14.9 Å². The highest BCUT2D eigenvalue weighted by Gasteiger charge is 2.17. The van der Waals surface area contributed by atoms with Crippen molar-refractivity contribution in [2.75, 3.05) is 6.54 Å². The van der Waals surface area contributed by atoms with Gasteiger partial charge in [-0.1, -0.05) is 32.6 Å². The summed E-state index contributed by atoms with van der Waals surface area (Å²) in [6.07, 6.45) is 11.0. The Bertz CT molecular complexity index is 362. The van der Waals surface area contributed by atoms with Gasteiger partial charge in [-0.25, -0.2) is 4.98 Å². The minimum atomic E-state index is 0.499. The monoisotopic (exact) mass is 263 g/mol. The van der Waals surface area contributed by atoms with Crippen LogP contribution in [0.4, 0.5) is 0 Å². The first kappa shape index (κ1) is 14.6. The van der Waals surface area contributed by atoms with Crippen LogP contribution in [0.2, 0.25) is 0 Å². The number of aromatic nitrogens is 2. The molecule has 1 aromatic rings. The molecule has 0 saturated heterocycles. The molecule has 19 heavy (non-hydrogen) atoms. The predicted octanol–water partition coefficient (Wildman–Crippen LogP) is 3.77. The first-order valence-corrected chi connectivity index (χ1v) is 7.88. The van der Waals surface area contributed by atoms with E-state index in [1.165, 1.54) is 37.8 Å². The molecule has 0 aromatic carbocycles. The van der Waals surface area contributed by atoms with Crippen molar-refractivity contribution in [2.24, 2.45) is 11.8 Å². The van der Waals surface area contributed by atoms with E-state index in [4.69, 9.17) is 0 Å². The first-order chi connectivity index (χ1) is 9.16. The molecule has 1 N–H and O–H groups in total. The van der Waals surface area contributed by atoms with Crippen LogP contribution in [0, 0.1) is 11.8 Å². The van der Waals surface area contributed by atoms with Crippen LogP contribution in [0.3, 0.4) is 0 Å². The number of nitrogens with zero attached hydrogens (tertiary/aromatic N) is 2. The molecule has 1 aliphatic rings. The quantitative estimate of drug-likeness (QED) is 0.792. The van der Waals surface area contributed by atoms with Crippen molar-refractivity contribution < 1.29 is 0 Å². The molecule has 0 atom stereocenters. The lowest BCUT2D eigenvalue weighted by molar-refractivity contribution is 0.275. The third kappa shape index (κ3) is 4.34. The maximum Gasteiger partial charge on any atom is 0.0951 e. The van der Waals surface area contributed by atoms with Gasteiger partial charge >= 0.3 is 0 Å². The molecule has 108 valence electrons. The second-order valence-corrected chi connectivity index (χ2v) is 6.48. The van der Waals surface area contributed by atoms with Crippen LogP contribution < -0.4 is 5.32 Å². The zero-order valence-corrected chi connectivity index (χ0v) is 12.7. The van der Waals surface area contributed by atoms with Gasteiger partial charge in [-0.15, -0.1) is 0 Å². The van der Waals surface area contributed by atoms with Gasteiger partial charge in [-0.05, 0) is 38.6 Å². The van der Waals surface area contributed by atoms with E-state index < -0.39 is 0 Å². The molecule has 0 spiro atoms. The van der Waals surface area contributed by atoms with E-state index >= 15 is 0 Å². The molecular weight excluding hydrogens is 234 g/mol. The Morgan fingerprint density at radius 2 is 2.05 bits per heavy atom. The Morgan fingerprint density at radius 1 is 1.32 bits per heavy atom. The van der Waals surface area contributed by atoms with Crippen LogP contribution in [0.25, 0.3) is 0 Å². The molecule has 1 saturated carbocycles. The summed E-state index contributed by atoms with van der Waals surface area (Å²) in [5.74, 6) is 1.92. The molecule has 3 nitrogen and oxygen atoms in total. The minimum Gasteiger partial charge on any atom is -0.331 e. The largest absolute Gasteiger partial charge is 0.331 e. The van der Waals surface area contributed by atoms with Crippen molar-refractivity contribution >= 4 is 0 Å². The van der Waals surface area contributed by atoms with E-state index in [1.54, 1.807) is 0 Å². The SMILES string of the molecule is CC1CCC(CCNCc2cncn2C(C)C)CC1. The third-order valence-corrected chi connectivity index (χ3v) is 4.47. The number of imidazole rings is 1. The maximum atomic E-state index is 4.24. The van der Waals surface area contributed by atoms with Crippen molar-refractivity contribution in [2.45, 2.75) is 65.5 Å². The molecular formula is C16H29N3. The molecule has 0 aliphatic heterocycles. The summed E-state index contributed by atoms with van der Waals surface area (Å²) >= 11 is 0. The van der Waals surface area contributed by atoms with Crippen LogP contribution in [-0.4, -0.2) is 16.1 Å². The van der Waals surface area contributed by atoms with Crippen LogP contribution in [0.5, 0.6) is 0 Å². The van der Waals surface area contributed by atoms with Crippen LogP contribution in [0.1, 0.15) is 64.6 Å². The smallest absolute Gasteiger partial charge is 0.0951 e. The zero-order chi connectivity index (χ0) is 13.7. The highest BCUT2D eigenvalue weighted by Crippen LogP contribution is 2.29. The Hall–Kier alpha value is -0.830. The van der Waals surface area contributed by atoms with Crippen molar-refractivity contribution in [3.8, 4) is 0 Å². The van der Waals surface area contributed by atoms with Gasteiger partial charge in [0.15, 0.2) is 0 Å². The summed E-state index contributed by atoms with van der Waals surface area (Å²) in [6, 6.07) is 0.499. The molecule has 0 amide bonds. The molecule has 1 fully saturated rings. The summed E-state index contributed by atoms with van der Waals surface area (Å²) in [7, 11) is 0. The molecule has 1 aromatic heterocycles. The van der Waals surface area contributed by atoms with Crippen molar-refractivity contribution in [3.05, 3.63) is 18.2 Å². The highest BCUT2D eigenvalue weighted by molar-refractivity contribution is 4.99. The van der Waals surface area contributed by atoms with E-state index in [2.05, 4.69) is 35.6 Å². The Kier molecular flexibility index (Phi) is 5.44. The molecule has 0 unspecified atom stereocenters. The zero-order valence-electron chi connectivity index (χ0n) is 12.7. The maximum absolute atomic E-state index is 4.24. The Balaban J connectivity index is 1.65. The third-order valence-electron chi connectivity index (χ3n) is 4.47. The van der Waals surface area contributed by atoms with Crippen LogP contribution in [-0.2, 0) is 6.54 Å². The minimum absolute atomic E-state index is 0.499. The van der Waals surface area contributed by atoms with Gasteiger partial charge in [0.05, 0.1) is 12.0 Å². The first-order valence-electron chi connectivity index (χ1n) is 7.88. The normalized spacial score (nSPS) is 24.0. The number of nitrogens with one attached hydrogen (secondary N) is 1. The van der Waals surface area contributed by atoms with Gasteiger partial charge in [-0.3, -0.25) is 0 Å². The lowest BCUT2D eigenvalue weighted by Crippen LogP contribution is -2.22. The Morgan fingerprint density at radius 3 is 2.74 bits per heavy atom. The average Bonchev–Trinajstić information content (AvgIpc) is 2.85. The lowest BCUT2D eigenvalue weighted by atomic mass is 9.81.